The Morgan fingerprint density at radius 2 is 1.69 bits per heavy atom. The predicted octanol–water partition coefficient (Wildman–Crippen LogP) is 4.63. The van der Waals surface area contributed by atoms with Crippen LogP contribution in [-0.4, -0.2) is 21.9 Å². The Kier molecular flexibility index (Phi) is 4.94. The Labute approximate surface area is 186 Å². The van der Waals surface area contributed by atoms with Gasteiger partial charge in [0.25, 0.3) is 5.91 Å². The average Bonchev–Trinajstić information content (AvgIpc) is 3.16. The molecule has 0 saturated carbocycles. The van der Waals surface area contributed by atoms with Gasteiger partial charge in [0.15, 0.2) is 0 Å². The Hall–Kier alpha value is -4.35. The number of nitrogens with zero attached hydrogens (tertiary/aromatic N) is 4. The van der Waals surface area contributed by atoms with Gasteiger partial charge in [0.05, 0.1) is 29.8 Å². The Morgan fingerprint density at radius 1 is 0.906 bits per heavy atom. The monoisotopic (exact) mass is 416 g/mol. The van der Waals surface area contributed by atoms with Crippen LogP contribution in [0, 0.1) is 22.7 Å². The molecule has 0 radical (unpaired) electrons. The van der Waals surface area contributed by atoms with Crippen LogP contribution in [0.1, 0.15) is 38.3 Å². The summed E-state index contributed by atoms with van der Waals surface area (Å²) in [4.78, 5) is 15.1. The zero-order chi connectivity index (χ0) is 22.1. The second-order valence-electron chi connectivity index (χ2n) is 8.01. The second kappa shape index (κ2) is 8.06. The lowest BCUT2D eigenvalue weighted by Gasteiger charge is -2.29. The molecule has 1 aliphatic rings. The van der Waals surface area contributed by atoms with Crippen LogP contribution in [0.5, 0.6) is 0 Å². The summed E-state index contributed by atoms with van der Waals surface area (Å²) in [7, 11) is 0. The van der Waals surface area contributed by atoms with Crippen molar-refractivity contribution in [2.24, 2.45) is 0 Å². The molecule has 0 unspecified atom stereocenters. The maximum atomic E-state index is 13.2. The number of hydrogen-bond acceptors (Lipinski definition) is 3. The highest BCUT2D eigenvalue weighted by molar-refractivity contribution is 5.95. The van der Waals surface area contributed by atoms with Gasteiger partial charge in [-0.15, -0.1) is 0 Å². The summed E-state index contributed by atoms with van der Waals surface area (Å²) in [6.45, 7) is 1.83. The number of aromatic nitrogens is 1. The van der Waals surface area contributed by atoms with Gasteiger partial charge >= 0.3 is 0 Å². The van der Waals surface area contributed by atoms with Gasteiger partial charge in [-0.1, -0.05) is 30.3 Å². The molecule has 3 aromatic carbocycles. The van der Waals surface area contributed by atoms with Gasteiger partial charge in [-0.2, -0.15) is 10.5 Å². The van der Waals surface area contributed by atoms with Crippen molar-refractivity contribution in [3.63, 3.8) is 0 Å². The summed E-state index contributed by atoms with van der Waals surface area (Å²) in [6, 6.07) is 27.1. The predicted molar refractivity (Wildman–Crippen MR) is 122 cm³/mol. The van der Waals surface area contributed by atoms with E-state index in [0.29, 0.717) is 36.3 Å². The van der Waals surface area contributed by atoms with E-state index in [1.54, 1.807) is 24.3 Å². The largest absolute Gasteiger partial charge is 0.338 e. The third-order valence-corrected chi connectivity index (χ3v) is 6.11. The third-order valence-electron chi connectivity index (χ3n) is 6.11. The first-order valence-corrected chi connectivity index (χ1v) is 10.6. The van der Waals surface area contributed by atoms with E-state index in [-0.39, 0.29) is 5.91 Å². The topological polar surface area (TPSA) is 72.8 Å². The summed E-state index contributed by atoms with van der Waals surface area (Å²) in [6.07, 6.45) is 0.795. The number of para-hydroxylation sites is 1. The van der Waals surface area contributed by atoms with Crippen LogP contribution < -0.4 is 0 Å². The molecule has 1 aliphatic heterocycles. The molecule has 0 aliphatic carbocycles. The quantitative estimate of drug-likeness (QED) is 0.489. The van der Waals surface area contributed by atoms with Crippen LogP contribution in [0.4, 0.5) is 0 Å². The molecule has 0 fully saturated rings. The van der Waals surface area contributed by atoms with Crippen LogP contribution in [0.3, 0.4) is 0 Å². The summed E-state index contributed by atoms with van der Waals surface area (Å²) in [5.74, 6) is -0.0246. The van der Waals surface area contributed by atoms with Crippen molar-refractivity contribution in [3.8, 4) is 12.1 Å². The number of carbonyl (C=O) groups excluding carboxylic acids is 1. The maximum absolute atomic E-state index is 13.2. The molecule has 0 bridgehead atoms. The molecule has 1 aromatic heterocycles. The highest BCUT2D eigenvalue weighted by Crippen LogP contribution is 2.32. The molecule has 0 atom stereocenters. The van der Waals surface area contributed by atoms with Gasteiger partial charge in [0.1, 0.15) is 0 Å². The summed E-state index contributed by atoms with van der Waals surface area (Å²) < 4.78 is 2.28. The number of fused-ring (bicyclic) bond motifs is 3. The standard InChI is InChI=1S/C27H20N4O/c28-15-19-8-10-22(11-9-19)27(32)30-13-12-24-23-6-1-2-7-25(23)31(26(24)18-30)17-21-5-3-4-20(14-21)16-29/h1-11,14H,12-13,17-18H2. The lowest BCUT2D eigenvalue weighted by atomic mass is 10.0. The molecular formula is C27H20N4O. The molecule has 0 saturated heterocycles. The van der Waals surface area contributed by atoms with Crippen LogP contribution >= 0.6 is 0 Å². The lowest BCUT2D eigenvalue weighted by Crippen LogP contribution is -2.36. The first-order chi connectivity index (χ1) is 15.7. The van der Waals surface area contributed by atoms with Crippen molar-refractivity contribution in [2.75, 3.05) is 6.54 Å². The summed E-state index contributed by atoms with van der Waals surface area (Å²) in [5, 5.41) is 19.5. The first kappa shape index (κ1) is 19.6. The Morgan fingerprint density at radius 3 is 2.47 bits per heavy atom. The van der Waals surface area contributed by atoms with Gasteiger partial charge in [-0.25, -0.2) is 0 Å². The number of nitriles is 2. The highest BCUT2D eigenvalue weighted by atomic mass is 16.2. The molecule has 1 amide bonds. The van der Waals surface area contributed by atoms with Crippen molar-refractivity contribution in [3.05, 3.63) is 106 Å². The molecule has 154 valence electrons. The molecule has 0 N–H and O–H groups in total. The minimum atomic E-state index is -0.0246. The van der Waals surface area contributed by atoms with E-state index in [2.05, 4.69) is 34.9 Å². The number of rotatable bonds is 3. The van der Waals surface area contributed by atoms with Crippen LogP contribution in [0.2, 0.25) is 0 Å². The number of amides is 1. The molecule has 4 aromatic rings. The zero-order valence-corrected chi connectivity index (χ0v) is 17.5. The minimum Gasteiger partial charge on any atom is -0.338 e. The highest BCUT2D eigenvalue weighted by Gasteiger charge is 2.27. The van der Waals surface area contributed by atoms with Crippen LogP contribution in [0.15, 0.2) is 72.8 Å². The van der Waals surface area contributed by atoms with Crippen molar-refractivity contribution in [1.82, 2.24) is 9.47 Å². The van der Waals surface area contributed by atoms with E-state index >= 15 is 0 Å². The van der Waals surface area contributed by atoms with E-state index in [9.17, 15) is 10.1 Å². The van der Waals surface area contributed by atoms with E-state index < -0.39 is 0 Å². The van der Waals surface area contributed by atoms with Crippen LogP contribution in [0.25, 0.3) is 10.9 Å². The van der Waals surface area contributed by atoms with Crippen molar-refractivity contribution >= 4 is 16.8 Å². The van der Waals surface area contributed by atoms with Gasteiger partial charge in [0, 0.05) is 35.2 Å². The molecule has 2 heterocycles. The summed E-state index contributed by atoms with van der Waals surface area (Å²) in [5.41, 5.74) is 6.42. The van der Waals surface area contributed by atoms with Crippen LogP contribution in [-0.2, 0) is 19.5 Å². The SMILES string of the molecule is N#Cc1ccc(C(=O)N2CCc3c(n(Cc4cccc(C#N)c4)c4ccccc34)C2)cc1. The molecule has 5 nitrogen and oxygen atoms in total. The van der Waals surface area contributed by atoms with E-state index in [4.69, 9.17) is 5.26 Å². The molecule has 5 rings (SSSR count). The van der Waals surface area contributed by atoms with Gasteiger partial charge in [-0.05, 0) is 60.0 Å². The van der Waals surface area contributed by atoms with Crippen molar-refractivity contribution < 1.29 is 4.79 Å². The molecular weight excluding hydrogens is 396 g/mol. The van der Waals surface area contributed by atoms with Gasteiger partial charge in [0.2, 0.25) is 0 Å². The molecule has 5 heteroatoms. The van der Waals surface area contributed by atoms with Gasteiger partial charge in [-0.3, -0.25) is 4.79 Å². The fourth-order valence-corrected chi connectivity index (χ4v) is 4.54. The number of hydrogen-bond donors (Lipinski definition) is 0. The third kappa shape index (κ3) is 3.41. The number of benzene rings is 3. The lowest BCUT2D eigenvalue weighted by molar-refractivity contribution is 0.0731. The fourth-order valence-electron chi connectivity index (χ4n) is 4.54. The minimum absolute atomic E-state index is 0.0246. The van der Waals surface area contributed by atoms with Crippen molar-refractivity contribution in [1.29, 1.82) is 10.5 Å². The second-order valence-corrected chi connectivity index (χ2v) is 8.01. The van der Waals surface area contributed by atoms with Gasteiger partial charge < -0.3 is 9.47 Å². The van der Waals surface area contributed by atoms with E-state index in [0.717, 1.165) is 23.2 Å². The van der Waals surface area contributed by atoms with E-state index in [1.165, 1.54) is 10.9 Å². The average molecular weight is 416 g/mol. The first-order valence-electron chi connectivity index (χ1n) is 10.6. The fraction of sp³-hybridized carbons (Fsp3) is 0.148. The Balaban J connectivity index is 1.52. The Bertz CT molecular complexity index is 1420. The maximum Gasteiger partial charge on any atom is 0.254 e. The molecule has 0 spiro atoms. The zero-order valence-electron chi connectivity index (χ0n) is 17.5. The smallest absolute Gasteiger partial charge is 0.254 e. The van der Waals surface area contributed by atoms with E-state index in [1.807, 2.05) is 35.2 Å². The number of carbonyl (C=O) groups is 1. The summed E-state index contributed by atoms with van der Waals surface area (Å²) >= 11 is 0. The van der Waals surface area contributed by atoms with Crippen molar-refractivity contribution in [2.45, 2.75) is 19.5 Å². The normalized spacial score (nSPS) is 12.8. The molecule has 32 heavy (non-hydrogen) atoms.